The van der Waals surface area contributed by atoms with Gasteiger partial charge in [-0.05, 0) is 166 Å². The predicted octanol–water partition coefficient (Wildman–Crippen LogP) is 19.0. The number of aryl methyl sites for hydroxylation is 4. The standard InChI is InChI=1S/C53H54F2O2S6/c1-6-8-10-12-14-38-18-22-44(58-38)46-24-26-48(60-46)52-33(3)28-50(62-52)36-16-20-42(40(54)30-36)56-32-35(5)57-43-21-17-37(31-41(43)55)51-29-34(4)53(63-51)49-27-25-47(61-49)45-23-19-39(59-45)15-13-11-9-7-2/h16-31,35H,6-15,32H2,1-5H3/t35-/m0/s1. The average Bonchev–Trinajstić information content (AvgIpc) is 4.14. The lowest BCUT2D eigenvalue weighted by Gasteiger charge is -2.17. The molecule has 0 radical (unpaired) electrons. The van der Waals surface area contributed by atoms with Crippen LogP contribution < -0.4 is 9.47 Å². The quantitative estimate of drug-likeness (QED) is 0.0668. The number of hydrogen-bond acceptors (Lipinski definition) is 8. The molecule has 6 aromatic heterocycles. The third kappa shape index (κ3) is 11.3. The van der Waals surface area contributed by atoms with Crippen LogP contribution in [0.4, 0.5) is 8.78 Å². The van der Waals surface area contributed by atoms with Gasteiger partial charge >= 0.3 is 0 Å². The molecule has 0 spiro atoms. The molecule has 0 saturated heterocycles. The maximum Gasteiger partial charge on any atom is 0.165 e. The molecule has 10 heteroatoms. The van der Waals surface area contributed by atoms with E-state index in [2.05, 4.69) is 88.4 Å². The van der Waals surface area contributed by atoms with E-state index in [9.17, 15) is 0 Å². The first-order chi connectivity index (χ1) is 30.6. The number of rotatable bonds is 21. The van der Waals surface area contributed by atoms with Crippen LogP contribution in [0.1, 0.15) is 93.0 Å². The maximum atomic E-state index is 15.5. The third-order valence-electron chi connectivity index (χ3n) is 11.1. The van der Waals surface area contributed by atoms with Crippen molar-refractivity contribution in [2.45, 2.75) is 105 Å². The van der Waals surface area contributed by atoms with E-state index < -0.39 is 17.7 Å². The molecule has 1 atom stereocenters. The zero-order chi connectivity index (χ0) is 43.9. The summed E-state index contributed by atoms with van der Waals surface area (Å²) in [6, 6.07) is 32.4. The van der Waals surface area contributed by atoms with Gasteiger partial charge in [-0.15, -0.1) is 68.0 Å². The molecule has 0 unspecified atom stereocenters. The largest absolute Gasteiger partial charge is 0.487 e. The van der Waals surface area contributed by atoms with Crippen molar-refractivity contribution in [3.05, 3.63) is 130 Å². The van der Waals surface area contributed by atoms with E-state index in [-0.39, 0.29) is 18.1 Å². The predicted molar refractivity (Wildman–Crippen MR) is 273 cm³/mol. The highest BCUT2D eigenvalue weighted by Gasteiger charge is 2.18. The molecule has 6 heterocycles. The summed E-state index contributed by atoms with van der Waals surface area (Å²) in [5.41, 5.74) is 3.97. The Morgan fingerprint density at radius 1 is 0.460 bits per heavy atom. The van der Waals surface area contributed by atoms with Crippen molar-refractivity contribution < 1.29 is 18.3 Å². The molecular formula is C53H54F2O2S6. The number of hydrogen-bond donors (Lipinski definition) is 0. The SMILES string of the molecule is CCCCCCc1ccc(-c2ccc(-c3sc(-c4ccc(OC[C@H](C)Oc5ccc(-c6cc(C)c(-c7ccc(-c8ccc(CCCCCC)s8)s7)s6)cc5F)c(F)c4)cc3C)s2)s1. The fraction of sp³-hybridized carbons (Fsp3) is 0.321. The fourth-order valence-corrected chi connectivity index (χ4v) is 14.6. The van der Waals surface area contributed by atoms with Crippen LogP contribution in [0.25, 0.3) is 59.9 Å². The van der Waals surface area contributed by atoms with Crippen molar-refractivity contribution in [1.29, 1.82) is 0 Å². The fourth-order valence-electron chi connectivity index (χ4n) is 7.64. The van der Waals surface area contributed by atoms with Crippen LogP contribution in [0.15, 0.2) is 97.1 Å². The van der Waals surface area contributed by atoms with Gasteiger partial charge in [0, 0.05) is 58.5 Å². The van der Waals surface area contributed by atoms with Crippen LogP contribution in [0.5, 0.6) is 11.5 Å². The van der Waals surface area contributed by atoms with Crippen LogP contribution in [-0.4, -0.2) is 12.7 Å². The van der Waals surface area contributed by atoms with Crippen LogP contribution >= 0.6 is 68.0 Å². The summed E-state index contributed by atoms with van der Waals surface area (Å²) >= 11 is 10.8. The second-order valence-corrected chi connectivity index (χ2v) is 22.9. The van der Waals surface area contributed by atoms with Crippen LogP contribution in [0, 0.1) is 25.5 Å². The van der Waals surface area contributed by atoms with E-state index in [1.165, 1.54) is 123 Å². The van der Waals surface area contributed by atoms with Gasteiger partial charge in [-0.1, -0.05) is 52.4 Å². The lowest BCUT2D eigenvalue weighted by atomic mass is 10.1. The first-order valence-electron chi connectivity index (χ1n) is 22.1. The van der Waals surface area contributed by atoms with Gasteiger partial charge in [0.2, 0.25) is 0 Å². The molecule has 0 aliphatic carbocycles. The molecule has 2 nitrogen and oxygen atoms in total. The van der Waals surface area contributed by atoms with E-state index in [4.69, 9.17) is 9.47 Å². The lowest BCUT2D eigenvalue weighted by Crippen LogP contribution is -2.21. The molecule has 2 aromatic carbocycles. The van der Waals surface area contributed by atoms with E-state index in [0.717, 1.165) is 33.7 Å². The van der Waals surface area contributed by atoms with Gasteiger partial charge in [0.1, 0.15) is 12.7 Å². The van der Waals surface area contributed by atoms with Gasteiger partial charge in [0.15, 0.2) is 23.1 Å². The van der Waals surface area contributed by atoms with Gasteiger partial charge in [0.05, 0.1) is 0 Å². The first kappa shape index (κ1) is 45.7. The van der Waals surface area contributed by atoms with Crippen molar-refractivity contribution in [2.75, 3.05) is 6.61 Å². The molecule has 0 saturated carbocycles. The van der Waals surface area contributed by atoms with E-state index in [0.29, 0.717) is 0 Å². The Kier molecular flexibility index (Phi) is 15.5. The van der Waals surface area contributed by atoms with Crippen molar-refractivity contribution in [2.24, 2.45) is 0 Å². The highest BCUT2D eigenvalue weighted by atomic mass is 32.1. The molecule has 328 valence electrons. The average molecular weight is 953 g/mol. The molecule has 0 amide bonds. The summed E-state index contributed by atoms with van der Waals surface area (Å²) in [5, 5.41) is 0. The minimum atomic E-state index is -0.515. The normalized spacial score (nSPS) is 12.0. The second-order valence-electron chi connectivity index (χ2n) is 16.3. The molecule has 0 aliphatic heterocycles. The molecule has 8 rings (SSSR count). The Balaban J connectivity index is 0.850. The minimum absolute atomic E-state index is 0.0625. The second kappa shape index (κ2) is 21.4. The highest BCUT2D eigenvalue weighted by molar-refractivity contribution is 7.28. The van der Waals surface area contributed by atoms with Crippen molar-refractivity contribution >= 4 is 68.0 Å². The molecule has 63 heavy (non-hydrogen) atoms. The number of halogens is 2. The maximum absolute atomic E-state index is 15.5. The molecule has 0 aliphatic rings. The smallest absolute Gasteiger partial charge is 0.165 e. The number of unbranched alkanes of at least 4 members (excludes halogenated alkanes) is 6. The van der Waals surface area contributed by atoms with Crippen LogP contribution in [0.3, 0.4) is 0 Å². The Morgan fingerprint density at radius 2 is 0.905 bits per heavy atom. The van der Waals surface area contributed by atoms with E-state index in [1.807, 2.05) is 57.5 Å². The van der Waals surface area contributed by atoms with Gasteiger partial charge in [-0.25, -0.2) is 8.78 Å². The number of benzene rings is 2. The van der Waals surface area contributed by atoms with Gasteiger partial charge in [-0.3, -0.25) is 0 Å². The Labute approximate surface area is 395 Å². The molecule has 8 aromatic rings. The van der Waals surface area contributed by atoms with Crippen molar-refractivity contribution in [1.82, 2.24) is 0 Å². The minimum Gasteiger partial charge on any atom is -0.487 e. The Morgan fingerprint density at radius 3 is 1.38 bits per heavy atom. The Bertz CT molecular complexity index is 2740. The molecule has 0 fully saturated rings. The summed E-state index contributed by atoms with van der Waals surface area (Å²) in [6.45, 7) is 10.6. The van der Waals surface area contributed by atoms with Crippen LogP contribution in [-0.2, 0) is 12.8 Å². The highest BCUT2D eigenvalue weighted by Crippen LogP contribution is 2.46. The lowest BCUT2D eigenvalue weighted by molar-refractivity contribution is 0.135. The zero-order valence-corrected chi connectivity index (χ0v) is 41.5. The summed E-state index contributed by atoms with van der Waals surface area (Å²) < 4.78 is 42.8. The van der Waals surface area contributed by atoms with Gasteiger partial charge in [0.25, 0.3) is 0 Å². The Hall–Kier alpha value is -3.90. The van der Waals surface area contributed by atoms with Crippen molar-refractivity contribution in [3.63, 3.8) is 0 Å². The van der Waals surface area contributed by atoms with Crippen LogP contribution in [0.2, 0.25) is 0 Å². The number of thiophene rings is 6. The monoisotopic (exact) mass is 952 g/mol. The van der Waals surface area contributed by atoms with E-state index in [1.54, 1.807) is 41.7 Å². The molecule has 0 N–H and O–H groups in total. The third-order valence-corrected chi connectivity index (χ3v) is 18.9. The summed E-state index contributed by atoms with van der Waals surface area (Å²) in [4.78, 5) is 15.0. The first-order valence-corrected chi connectivity index (χ1v) is 27.0. The van der Waals surface area contributed by atoms with Gasteiger partial charge < -0.3 is 9.47 Å². The summed E-state index contributed by atoms with van der Waals surface area (Å²) in [5.74, 6) is -0.603. The summed E-state index contributed by atoms with van der Waals surface area (Å²) in [6.07, 6.45) is 12.0. The zero-order valence-electron chi connectivity index (χ0n) is 36.6. The topological polar surface area (TPSA) is 18.5 Å². The van der Waals surface area contributed by atoms with Gasteiger partial charge in [-0.2, -0.15) is 0 Å². The van der Waals surface area contributed by atoms with Crippen molar-refractivity contribution in [3.8, 4) is 71.4 Å². The van der Waals surface area contributed by atoms with E-state index >= 15 is 8.78 Å². The number of ether oxygens (including phenoxy) is 2. The molecule has 0 bridgehead atoms. The molecular weight excluding hydrogens is 899 g/mol. The summed E-state index contributed by atoms with van der Waals surface area (Å²) in [7, 11) is 0.